The number of halogens is 3. The van der Waals surface area contributed by atoms with E-state index in [1.807, 2.05) is 0 Å². The zero-order chi connectivity index (χ0) is 12.5. The van der Waals surface area contributed by atoms with Crippen LogP contribution in [0, 0.1) is 10.1 Å². The van der Waals surface area contributed by atoms with Crippen molar-refractivity contribution in [1.82, 2.24) is 0 Å². The third kappa shape index (κ3) is 2.96. The van der Waals surface area contributed by atoms with Crippen molar-refractivity contribution in [3.63, 3.8) is 0 Å². The maximum Gasteiger partial charge on any atom is 0.289 e. The molecule has 1 rings (SSSR count). The van der Waals surface area contributed by atoms with Gasteiger partial charge in [0, 0.05) is 11.1 Å². The average Bonchev–Trinajstić information content (AvgIpc) is 2.16. The highest BCUT2D eigenvalue weighted by Crippen LogP contribution is 2.33. The van der Waals surface area contributed by atoms with Gasteiger partial charge >= 0.3 is 0 Å². The van der Waals surface area contributed by atoms with Crippen LogP contribution in [0.1, 0.15) is 0 Å². The maximum absolute atomic E-state index is 11.8. The first-order chi connectivity index (χ1) is 7.26. The predicted molar refractivity (Wildman–Crippen MR) is 77.1 cm³/mol. The summed E-state index contributed by atoms with van der Waals surface area (Å²) in [6.45, 7) is 0. The summed E-state index contributed by atoms with van der Waals surface area (Å²) in [6.07, 6.45) is 0. The van der Waals surface area contributed by atoms with Crippen LogP contribution in [0.5, 0.6) is 0 Å². The van der Waals surface area contributed by atoms with Crippen LogP contribution < -0.4 is 0 Å². The Kier molecular flexibility index (Phi) is 4.77. The minimum atomic E-state index is -3.70. The van der Waals surface area contributed by atoms with E-state index in [0.29, 0.717) is 0 Å². The lowest BCUT2D eigenvalue weighted by atomic mass is 10.3. The molecule has 0 radical (unpaired) electrons. The van der Waals surface area contributed by atoms with Gasteiger partial charge in [0.2, 0.25) is 9.84 Å². The van der Waals surface area contributed by atoms with Crippen molar-refractivity contribution < 1.29 is 13.3 Å². The van der Waals surface area contributed by atoms with E-state index in [2.05, 4.69) is 0 Å². The summed E-state index contributed by atoms with van der Waals surface area (Å²) in [7, 11) is -3.70. The van der Waals surface area contributed by atoms with E-state index in [1.54, 1.807) is 45.2 Å². The lowest BCUT2D eigenvalue weighted by Gasteiger charge is -2.06. The van der Waals surface area contributed by atoms with E-state index in [4.69, 9.17) is 11.6 Å². The molecular weight excluding hydrogens is 483 g/mol. The summed E-state index contributed by atoms with van der Waals surface area (Å²) >= 11 is 8.95. The third-order valence-electron chi connectivity index (χ3n) is 1.66. The second-order valence-electron chi connectivity index (χ2n) is 2.67. The average molecular weight is 487 g/mol. The normalized spacial score (nSPS) is 11.8. The van der Waals surface area contributed by atoms with Gasteiger partial charge in [0.15, 0.2) is 1.26 Å². The lowest BCUT2D eigenvalue weighted by Crippen LogP contribution is -2.10. The number of nitro groups is 1. The molecular formula is C7H4ClI2NO4S. The van der Waals surface area contributed by atoms with Crippen LogP contribution >= 0.6 is 56.8 Å². The van der Waals surface area contributed by atoms with Crippen molar-refractivity contribution in [2.45, 2.75) is 6.16 Å². The van der Waals surface area contributed by atoms with Gasteiger partial charge in [-0.05, 0) is 12.1 Å². The SMILES string of the molecule is O=[N+]([O-])c1cc(Cl)ccc1S(=O)(=O)C(I)I. The van der Waals surface area contributed by atoms with Gasteiger partial charge in [-0.3, -0.25) is 10.1 Å². The van der Waals surface area contributed by atoms with Crippen molar-refractivity contribution in [2.75, 3.05) is 0 Å². The fourth-order valence-electron chi connectivity index (χ4n) is 0.970. The lowest BCUT2D eigenvalue weighted by molar-refractivity contribution is -0.387. The summed E-state index contributed by atoms with van der Waals surface area (Å²) in [6, 6.07) is 3.50. The van der Waals surface area contributed by atoms with Gasteiger partial charge < -0.3 is 0 Å². The fourth-order valence-corrected chi connectivity index (χ4v) is 3.65. The molecule has 1 aromatic rings. The number of rotatable bonds is 3. The molecule has 0 aliphatic heterocycles. The van der Waals surface area contributed by atoms with Gasteiger partial charge in [0.1, 0.15) is 4.90 Å². The number of alkyl halides is 2. The number of hydrogen-bond acceptors (Lipinski definition) is 4. The molecule has 0 amide bonds. The Morgan fingerprint density at radius 2 is 1.94 bits per heavy atom. The van der Waals surface area contributed by atoms with Gasteiger partial charge in [-0.1, -0.05) is 56.8 Å². The van der Waals surface area contributed by atoms with Crippen molar-refractivity contribution in [3.8, 4) is 0 Å². The first kappa shape index (κ1) is 14.4. The Morgan fingerprint density at radius 3 is 2.38 bits per heavy atom. The Labute approximate surface area is 124 Å². The second kappa shape index (κ2) is 5.31. The summed E-state index contributed by atoms with van der Waals surface area (Å²) in [5.41, 5.74) is -0.495. The highest BCUT2D eigenvalue weighted by Gasteiger charge is 2.30. The fraction of sp³-hybridized carbons (Fsp3) is 0.143. The molecule has 0 fully saturated rings. The Hall–Kier alpha value is 0.320. The van der Waals surface area contributed by atoms with Crippen LogP contribution in [0.3, 0.4) is 0 Å². The van der Waals surface area contributed by atoms with Crippen LogP contribution in [0.4, 0.5) is 5.69 Å². The van der Waals surface area contributed by atoms with Crippen molar-refractivity contribution in [2.24, 2.45) is 0 Å². The first-order valence-corrected chi connectivity index (χ1v) is 8.14. The van der Waals surface area contributed by atoms with E-state index in [9.17, 15) is 18.5 Å². The molecule has 0 heterocycles. The molecule has 9 heteroatoms. The minimum absolute atomic E-state index is 0.129. The third-order valence-corrected chi connectivity index (χ3v) is 7.34. The van der Waals surface area contributed by atoms with Crippen LogP contribution in [0.25, 0.3) is 0 Å². The molecule has 0 saturated carbocycles. The van der Waals surface area contributed by atoms with Crippen LogP contribution in [0.15, 0.2) is 23.1 Å². The molecule has 0 spiro atoms. The van der Waals surface area contributed by atoms with E-state index in [1.165, 1.54) is 6.07 Å². The molecule has 16 heavy (non-hydrogen) atoms. The van der Waals surface area contributed by atoms with Gasteiger partial charge in [0.05, 0.1) is 4.92 Å². The maximum atomic E-state index is 11.8. The van der Waals surface area contributed by atoms with Gasteiger partial charge in [0.25, 0.3) is 5.69 Å². The zero-order valence-corrected chi connectivity index (χ0v) is 13.3. The smallest absolute Gasteiger partial charge is 0.258 e. The van der Waals surface area contributed by atoms with Gasteiger partial charge in [-0.15, -0.1) is 0 Å². The molecule has 0 atom stereocenters. The molecule has 1 aromatic carbocycles. The summed E-state index contributed by atoms with van der Waals surface area (Å²) in [5.74, 6) is 0. The molecule has 0 aliphatic rings. The van der Waals surface area contributed by atoms with Crippen LogP contribution in [-0.4, -0.2) is 14.6 Å². The molecule has 88 valence electrons. The van der Waals surface area contributed by atoms with E-state index >= 15 is 0 Å². The number of nitrogens with zero attached hydrogens (tertiary/aromatic N) is 1. The van der Waals surface area contributed by atoms with Gasteiger partial charge in [-0.2, -0.15) is 0 Å². The highest BCUT2D eigenvalue weighted by molar-refractivity contribution is 14.2. The van der Waals surface area contributed by atoms with Crippen molar-refractivity contribution in [1.29, 1.82) is 0 Å². The largest absolute Gasteiger partial charge is 0.289 e. The minimum Gasteiger partial charge on any atom is -0.258 e. The zero-order valence-electron chi connectivity index (χ0n) is 7.43. The molecule has 0 saturated heterocycles. The number of hydrogen-bond donors (Lipinski definition) is 0. The Bertz CT molecular complexity index is 531. The molecule has 0 aliphatic carbocycles. The molecule has 0 N–H and O–H groups in total. The quantitative estimate of drug-likeness (QED) is 0.284. The van der Waals surface area contributed by atoms with Crippen molar-refractivity contribution in [3.05, 3.63) is 33.3 Å². The standard InChI is InChI=1S/C7H4ClI2NO4S/c8-4-1-2-6(5(3-4)11(12)13)16(14,15)7(9)10/h1-3,7H. The second-order valence-corrected chi connectivity index (χ2v) is 11.7. The molecule has 0 unspecified atom stereocenters. The monoisotopic (exact) mass is 487 g/mol. The van der Waals surface area contributed by atoms with E-state index < -0.39 is 21.7 Å². The molecule has 0 bridgehead atoms. The summed E-state index contributed by atoms with van der Waals surface area (Å²) in [5, 5.41) is 10.8. The van der Waals surface area contributed by atoms with Crippen LogP contribution in [0.2, 0.25) is 5.02 Å². The van der Waals surface area contributed by atoms with Crippen LogP contribution in [-0.2, 0) is 9.84 Å². The molecule has 5 nitrogen and oxygen atoms in total. The summed E-state index contributed by atoms with van der Waals surface area (Å²) < 4.78 is 22.8. The van der Waals surface area contributed by atoms with E-state index in [0.717, 1.165) is 12.1 Å². The topological polar surface area (TPSA) is 77.3 Å². The predicted octanol–water partition coefficient (Wildman–Crippen LogP) is 3.18. The summed E-state index contributed by atoms with van der Waals surface area (Å²) in [4.78, 5) is 9.66. The molecule has 0 aromatic heterocycles. The van der Waals surface area contributed by atoms with Crippen molar-refractivity contribution >= 4 is 72.3 Å². The number of nitro benzene ring substituents is 1. The number of benzene rings is 1. The Balaban J connectivity index is 3.52. The first-order valence-electron chi connectivity index (χ1n) is 3.73. The van der Waals surface area contributed by atoms with E-state index in [-0.39, 0.29) is 9.92 Å². The Morgan fingerprint density at radius 1 is 1.38 bits per heavy atom. The van der Waals surface area contributed by atoms with Gasteiger partial charge in [-0.25, -0.2) is 8.42 Å². The number of sulfone groups is 1. The highest BCUT2D eigenvalue weighted by atomic mass is 127.